The molecule has 1 fully saturated rings. The van der Waals surface area contributed by atoms with E-state index in [2.05, 4.69) is 10.5 Å². The van der Waals surface area contributed by atoms with Gasteiger partial charge in [0.05, 0.1) is 29.9 Å². The van der Waals surface area contributed by atoms with Crippen LogP contribution in [0.2, 0.25) is 5.02 Å². The third-order valence-corrected chi connectivity index (χ3v) is 6.17. The number of thioether (sulfide) groups is 1. The van der Waals surface area contributed by atoms with Crippen LogP contribution in [-0.2, 0) is 9.63 Å². The average Bonchev–Trinajstić information content (AvgIpc) is 3.48. The molecular formula is C20H18ClN5O2S. The van der Waals surface area contributed by atoms with Crippen molar-refractivity contribution in [3.8, 4) is 0 Å². The number of carbonyl (C=O) groups excluding carboxylic acids is 1. The Morgan fingerprint density at radius 2 is 1.90 bits per heavy atom. The molecule has 0 spiro atoms. The van der Waals surface area contributed by atoms with Crippen LogP contribution in [0.15, 0.2) is 64.7 Å². The van der Waals surface area contributed by atoms with Crippen molar-refractivity contribution < 1.29 is 9.63 Å². The number of amides is 1. The normalized spacial score (nSPS) is 24.0. The number of hydrogen-bond donors (Lipinski definition) is 1. The Morgan fingerprint density at radius 3 is 2.62 bits per heavy atom. The number of nitrogens with one attached hydrogen (secondary N) is 1. The van der Waals surface area contributed by atoms with E-state index in [1.807, 2.05) is 64.5 Å². The summed E-state index contributed by atoms with van der Waals surface area (Å²) in [6, 6.07) is 17.1. The van der Waals surface area contributed by atoms with E-state index in [-0.39, 0.29) is 11.9 Å². The number of halogens is 1. The van der Waals surface area contributed by atoms with Crippen molar-refractivity contribution in [3.63, 3.8) is 0 Å². The van der Waals surface area contributed by atoms with Gasteiger partial charge in [-0.05, 0) is 24.3 Å². The first-order valence-corrected chi connectivity index (χ1v) is 10.8. The monoisotopic (exact) mass is 427 g/mol. The molecule has 1 N–H and O–H groups in total. The largest absolute Gasteiger partial charge is 0.384 e. The number of hydroxylamine groups is 1. The topological polar surface area (TPSA) is 69.5 Å². The second-order valence-corrected chi connectivity index (χ2v) is 8.26. The zero-order valence-electron chi connectivity index (χ0n) is 15.4. The minimum absolute atomic E-state index is 0.132. The fraction of sp³-hybridized carbons (Fsp3) is 0.250. The SMILES string of the molecule is O=C1CSCN1C1CN(C2N=C(c3ccccc3)ON2)N=C1c1ccc(Cl)cc1. The van der Waals surface area contributed by atoms with E-state index in [0.29, 0.717) is 29.1 Å². The summed E-state index contributed by atoms with van der Waals surface area (Å²) in [7, 11) is 0. The average molecular weight is 428 g/mol. The summed E-state index contributed by atoms with van der Waals surface area (Å²) in [4.78, 5) is 24.5. The van der Waals surface area contributed by atoms with Crippen molar-refractivity contribution in [2.45, 2.75) is 12.3 Å². The molecule has 3 aliphatic rings. The van der Waals surface area contributed by atoms with E-state index in [4.69, 9.17) is 21.5 Å². The standard InChI is InChI=1S/C20H18ClN5O2S/c21-15-8-6-13(7-9-15)18-16(25-12-29-11-17(25)27)10-26(23-18)20-22-19(28-24-20)14-4-2-1-3-5-14/h1-9,16,20,24H,10-12H2. The van der Waals surface area contributed by atoms with Gasteiger partial charge in [-0.1, -0.05) is 41.9 Å². The van der Waals surface area contributed by atoms with Crippen LogP contribution in [0.1, 0.15) is 11.1 Å². The number of rotatable bonds is 4. The van der Waals surface area contributed by atoms with Crippen molar-refractivity contribution >= 4 is 40.9 Å². The lowest BCUT2D eigenvalue weighted by molar-refractivity contribution is -0.127. The molecule has 3 aliphatic heterocycles. The van der Waals surface area contributed by atoms with Gasteiger partial charge in [0.15, 0.2) is 0 Å². The lowest BCUT2D eigenvalue weighted by Crippen LogP contribution is -2.46. The lowest BCUT2D eigenvalue weighted by Gasteiger charge is -2.25. The zero-order chi connectivity index (χ0) is 19.8. The molecule has 9 heteroatoms. The summed E-state index contributed by atoms with van der Waals surface area (Å²) in [5.41, 5.74) is 5.61. The van der Waals surface area contributed by atoms with Gasteiger partial charge < -0.3 is 9.74 Å². The van der Waals surface area contributed by atoms with Crippen molar-refractivity contribution in [2.24, 2.45) is 10.1 Å². The number of aliphatic imine (C=N–C) groups is 1. The van der Waals surface area contributed by atoms with Crippen LogP contribution < -0.4 is 5.48 Å². The van der Waals surface area contributed by atoms with Crippen molar-refractivity contribution in [1.82, 2.24) is 15.4 Å². The van der Waals surface area contributed by atoms with Gasteiger partial charge >= 0.3 is 0 Å². The molecule has 2 unspecified atom stereocenters. The van der Waals surface area contributed by atoms with Crippen LogP contribution in [0, 0.1) is 0 Å². The molecule has 3 heterocycles. The molecule has 1 saturated heterocycles. The Morgan fingerprint density at radius 1 is 1.10 bits per heavy atom. The Labute approximate surface area is 177 Å². The van der Waals surface area contributed by atoms with E-state index in [1.165, 1.54) is 0 Å². The molecule has 0 aliphatic carbocycles. The predicted molar refractivity (Wildman–Crippen MR) is 114 cm³/mol. The highest BCUT2D eigenvalue weighted by Gasteiger charge is 2.40. The Hall–Kier alpha value is -2.55. The Bertz CT molecular complexity index is 982. The molecule has 5 rings (SSSR count). The van der Waals surface area contributed by atoms with E-state index in [9.17, 15) is 4.79 Å². The number of hydrogen-bond acceptors (Lipinski definition) is 7. The first kappa shape index (κ1) is 18.5. The molecular weight excluding hydrogens is 410 g/mol. The minimum atomic E-state index is -0.456. The first-order chi connectivity index (χ1) is 14.2. The molecule has 148 valence electrons. The summed E-state index contributed by atoms with van der Waals surface area (Å²) in [5, 5.41) is 7.31. The number of carbonyl (C=O) groups is 1. The maximum absolute atomic E-state index is 12.4. The number of nitrogens with zero attached hydrogens (tertiary/aromatic N) is 4. The number of hydrazone groups is 1. The lowest BCUT2D eigenvalue weighted by atomic mass is 10.0. The molecule has 2 aromatic carbocycles. The Balaban J connectivity index is 1.44. The van der Waals surface area contributed by atoms with Crippen molar-refractivity contribution in [2.75, 3.05) is 18.2 Å². The smallest absolute Gasteiger partial charge is 0.244 e. The fourth-order valence-electron chi connectivity index (χ4n) is 3.54. The van der Waals surface area contributed by atoms with Gasteiger partial charge in [0.1, 0.15) is 0 Å². The molecule has 7 nitrogen and oxygen atoms in total. The van der Waals surface area contributed by atoms with Gasteiger partial charge in [0.2, 0.25) is 18.1 Å². The van der Waals surface area contributed by atoms with Gasteiger partial charge in [0, 0.05) is 16.1 Å². The summed E-state index contributed by atoms with van der Waals surface area (Å²) < 4.78 is 0. The van der Waals surface area contributed by atoms with E-state index >= 15 is 0 Å². The van der Waals surface area contributed by atoms with Crippen LogP contribution in [0.5, 0.6) is 0 Å². The molecule has 29 heavy (non-hydrogen) atoms. The molecule has 1 amide bonds. The molecule has 0 radical (unpaired) electrons. The van der Waals surface area contributed by atoms with Gasteiger partial charge in [-0.25, -0.2) is 4.99 Å². The quantitative estimate of drug-likeness (QED) is 0.812. The van der Waals surface area contributed by atoms with Crippen molar-refractivity contribution in [3.05, 3.63) is 70.7 Å². The summed E-state index contributed by atoms with van der Waals surface area (Å²) >= 11 is 7.67. The van der Waals surface area contributed by atoms with Crippen LogP contribution in [0.25, 0.3) is 0 Å². The molecule has 2 aromatic rings. The summed E-state index contributed by atoms with van der Waals surface area (Å²) in [6.45, 7) is 0.539. The van der Waals surface area contributed by atoms with Crippen LogP contribution in [-0.4, -0.2) is 57.9 Å². The highest BCUT2D eigenvalue weighted by molar-refractivity contribution is 8.00. The third-order valence-electron chi connectivity index (χ3n) is 5.01. The second kappa shape index (κ2) is 7.70. The fourth-order valence-corrected chi connectivity index (χ4v) is 4.62. The van der Waals surface area contributed by atoms with Gasteiger partial charge in [0.25, 0.3) is 0 Å². The van der Waals surface area contributed by atoms with Crippen LogP contribution in [0.4, 0.5) is 0 Å². The highest BCUT2D eigenvalue weighted by Crippen LogP contribution is 2.27. The van der Waals surface area contributed by atoms with Gasteiger partial charge in [-0.2, -0.15) is 5.10 Å². The predicted octanol–water partition coefficient (Wildman–Crippen LogP) is 2.53. The maximum atomic E-state index is 12.4. The summed E-state index contributed by atoms with van der Waals surface area (Å²) in [5.74, 6) is 1.82. The summed E-state index contributed by atoms with van der Waals surface area (Å²) in [6.07, 6.45) is -0.456. The molecule has 2 atom stereocenters. The molecule has 0 saturated carbocycles. The van der Waals surface area contributed by atoms with E-state index in [0.717, 1.165) is 16.8 Å². The molecule has 0 aromatic heterocycles. The number of benzene rings is 2. The van der Waals surface area contributed by atoms with Crippen LogP contribution in [0.3, 0.4) is 0 Å². The van der Waals surface area contributed by atoms with E-state index < -0.39 is 6.29 Å². The Kier molecular flexibility index (Phi) is 4.91. The van der Waals surface area contributed by atoms with Crippen LogP contribution >= 0.6 is 23.4 Å². The highest BCUT2D eigenvalue weighted by atomic mass is 35.5. The van der Waals surface area contributed by atoms with Crippen molar-refractivity contribution in [1.29, 1.82) is 0 Å². The van der Waals surface area contributed by atoms with Gasteiger partial charge in [-0.3, -0.25) is 9.80 Å². The molecule has 0 bridgehead atoms. The zero-order valence-corrected chi connectivity index (χ0v) is 16.9. The maximum Gasteiger partial charge on any atom is 0.244 e. The van der Waals surface area contributed by atoms with Gasteiger partial charge in [-0.15, -0.1) is 17.2 Å². The third kappa shape index (κ3) is 3.59. The van der Waals surface area contributed by atoms with E-state index in [1.54, 1.807) is 11.8 Å². The minimum Gasteiger partial charge on any atom is -0.384 e. The second-order valence-electron chi connectivity index (χ2n) is 6.86. The first-order valence-electron chi connectivity index (χ1n) is 9.23.